The van der Waals surface area contributed by atoms with Gasteiger partial charge in [-0.25, -0.2) is 9.78 Å². The summed E-state index contributed by atoms with van der Waals surface area (Å²) in [7, 11) is 2.98. The third kappa shape index (κ3) is 3.24. The number of rotatable bonds is 5. The second-order valence-corrected chi connectivity index (χ2v) is 4.43. The number of carboxylic acids is 1. The molecule has 94 valence electrons. The smallest absolute Gasteiger partial charge is 0.326 e. The van der Waals surface area contributed by atoms with Crippen molar-refractivity contribution in [1.29, 1.82) is 0 Å². The lowest BCUT2D eigenvalue weighted by molar-refractivity contribution is -0.141. The molecule has 0 aliphatic rings. The first-order valence-corrected chi connectivity index (χ1v) is 5.78. The van der Waals surface area contributed by atoms with Crippen LogP contribution in [-0.4, -0.2) is 47.1 Å². The largest absolute Gasteiger partial charge is 0.480 e. The fourth-order valence-corrected chi connectivity index (χ4v) is 1.86. The van der Waals surface area contributed by atoms with Crippen LogP contribution in [-0.2, 0) is 16.1 Å². The highest BCUT2D eigenvalue weighted by atomic mass is 32.1. The lowest BCUT2D eigenvalue weighted by Gasteiger charge is -2.20. The molecule has 1 heterocycles. The minimum atomic E-state index is -1.05. The van der Waals surface area contributed by atoms with Crippen molar-refractivity contribution >= 4 is 23.2 Å². The van der Waals surface area contributed by atoms with Gasteiger partial charge in [0.2, 0.25) is 0 Å². The second kappa shape index (κ2) is 5.74. The molecule has 0 fully saturated rings. The summed E-state index contributed by atoms with van der Waals surface area (Å²) in [4.78, 5) is 27.8. The topological polar surface area (TPSA) is 79.7 Å². The lowest BCUT2D eigenvalue weighted by atomic mass is 10.3. The minimum absolute atomic E-state index is 0.248. The maximum atomic E-state index is 11.9. The van der Waals surface area contributed by atoms with E-state index in [2.05, 4.69) is 4.98 Å². The highest BCUT2D eigenvalue weighted by Crippen LogP contribution is 2.13. The number of hydrogen-bond donors (Lipinski definition) is 1. The van der Waals surface area contributed by atoms with E-state index in [1.54, 1.807) is 12.5 Å². The summed E-state index contributed by atoms with van der Waals surface area (Å²) >= 11 is 1.31. The van der Waals surface area contributed by atoms with Crippen LogP contribution in [0.25, 0.3) is 0 Å². The van der Waals surface area contributed by atoms with E-state index in [9.17, 15) is 9.59 Å². The van der Waals surface area contributed by atoms with Gasteiger partial charge in [-0.2, -0.15) is 0 Å². The molecule has 0 saturated carbocycles. The summed E-state index contributed by atoms with van der Waals surface area (Å²) in [6, 6.07) is -0.880. The van der Waals surface area contributed by atoms with Crippen molar-refractivity contribution in [2.45, 2.75) is 19.6 Å². The van der Waals surface area contributed by atoms with Gasteiger partial charge in [-0.1, -0.05) is 0 Å². The summed E-state index contributed by atoms with van der Waals surface area (Å²) in [6.45, 7) is 1.79. The number of likely N-dealkylation sites (N-methyl/N-ethyl adjacent to an activating group) is 1. The summed E-state index contributed by atoms with van der Waals surface area (Å²) in [5.74, 6) is -1.45. The Bertz CT molecular complexity index is 418. The van der Waals surface area contributed by atoms with Gasteiger partial charge in [-0.3, -0.25) is 4.79 Å². The summed E-state index contributed by atoms with van der Waals surface area (Å²) in [6.07, 6.45) is 0. The first kappa shape index (κ1) is 13.6. The second-order valence-electron chi connectivity index (χ2n) is 3.49. The van der Waals surface area contributed by atoms with Crippen LogP contribution in [0.4, 0.5) is 0 Å². The molecule has 1 atom stereocenters. The predicted octanol–water partition coefficient (Wildman–Crippen LogP) is 0.835. The number of hydrogen-bond acceptors (Lipinski definition) is 5. The lowest BCUT2D eigenvalue weighted by Crippen LogP contribution is -2.40. The molecule has 0 aliphatic heterocycles. The van der Waals surface area contributed by atoms with Crippen molar-refractivity contribution in [3.8, 4) is 0 Å². The molecule has 6 nitrogen and oxygen atoms in total. The molecule has 17 heavy (non-hydrogen) atoms. The third-order valence-electron chi connectivity index (χ3n) is 2.30. The number of amides is 1. The van der Waals surface area contributed by atoms with Crippen LogP contribution in [0.5, 0.6) is 0 Å². The molecule has 7 heteroatoms. The summed E-state index contributed by atoms with van der Waals surface area (Å²) in [5.41, 5.74) is 0.248. The number of ether oxygens (including phenoxy) is 1. The predicted molar refractivity (Wildman–Crippen MR) is 62.0 cm³/mol. The van der Waals surface area contributed by atoms with Gasteiger partial charge < -0.3 is 14.7 Å². The summed E-state index contributed by atoms with van der Waals surface area (Å²) in [5, 5.41) is 11.1. The molecule has 1 N–H and O–H groups in total. The molecule has 0 bridgehead atoms. The van der Waals surface area contributed by atoms with E-state index in [1.165, 1.54) is 25.3 Å². The zero-order valence-corrected chi connectivity index (χ0v) is 10.7. The van der Waals surface area contributed by atoms with Gasteiger partial charge in [-0.15, -0.1) is 11.3 Å². The molecular formula is C10H14N2O4S. The fraction of sp³-hybridized carbons (Fsp3) is 0.500. The van der Waals surface area contributed by atoms with Crippen LogP contribution in [0.15, 0.2) is 5.38 Å². The molecule has 0 saturated heterocycles. The van der Waals surface area contributed by atoms with Gasteiger partial charge in [0.1, 0.15) is 16.7 Å². The van der Waals surface area contributed by atoms with Crippen LogP contribution < -0.4 is 0 Å². The molecule has 0 aromatic carbocycles. The first-order chi connectivity index (χ1) is 7.97. The average Bonchev–Trinajstić information content (AvgIpc) is 2.75. The Hall–Kier alpha value is -1.47. The van der Waals surface area contributed by atoms with Gasteiger partial charge in [-0.05, 0) is 6.92 Å². The third-order valence-corrected chi connectivity index (χ3v) is 3.12. The van der Waals surface area contributed by atoms with E-state index in [-0.39, 0.29) is 5.69 Å². The van der Waals surface area contributed by atoms with Gasteiger partial charge >= 0.3 is 5.97 Å². The highest BCUT2D eigenvalue weighted by Gasteiger charge is 2.24. The number of carboxylic acid groups (broad SMARTS) is 1. The number of aliphatic carboxylic acids is 1. The Morgan fingerprint density at radius 2 is 2.29 bits per heavy atom. The van der Waals surface area contributed by atoms with Gasteiger partial charge in [0.05, 0.1) is 6.61 Å². The van der Waals surface area contributed by atoms with Gasteiger partial charge in [0, 0.05) is 19.5 Å². The van der Waals surface area contributed by atoms with Crippen molar-refractivity contribution in [3.63, 3.8) is 0 Å². The molecule has 0 aliphatic carbocycles. The van der Waals surface area contributed by atoms with Gasteiger partial charge in [0.25, 0.3) is 5.91 Å². The Morgan fingerprint density at radius 1 is 1.65 bits per heavy atom. The van der Waals surface area contributed by atoms with E-state index in [0.29, 0.717) is 11.6 Å². The molecule has 1 rings (SSSR count). The number of thiazole rings is 1. The maximum Gasteiger partial charge on any atom is 0.326 e. The van der Waals surface area contributed by atoms with E-state index < -0.39 is 17.9 Å². The molecule has 1 amide bonds. The van der Waals surface area contributed by atoms with Crippen molar-refractivity contribution in [2.24, 2.45) is 0 Å². The van der Waals surface area contributed by atoms with E-state index >= 15 is 0 Å². The van der Waals surface area contributed by atoms with Crippen LogP contribution >= 0.6 is 11.3 Å². The zero-order chi connectivity index (χ0) is 13.0. The molecule has 0 radical (unpaired) electrons. The Labute approximate surface area is 103 Å². The van der Waals surface area contributed by atoms with E-state index in [4.69, 9.17) is 9.84 Å². The SMILES string of the molecule is COCc1nc(C(=O)N(C)C(C)C(=O)O)cs1. The first-order valence-electron chi connectivity index (χ1n) is 4.90. The van der Waals surface area contributed by atoms with Gasteiger partial charge in [0.15, 0.2) is 0 Å². The fourth-order valence-electron chi connectivity index (χ4n) is 1.12. The van der Waals surface area contributed by atoms with Crippen molar-refractivity contribution in [3.05, 3.63) is 16.1 Å². The molecule has 1 aromatic heterocycles. The molecule has 1 aromatic rings. The molecular weight excluding hydrogens is 244 g/mol. The number of carbonyl (C=O) groups excluding carboxylic acids is 1. The number of methoxy groups -OCH3 is 1. The van der Waals surface area contributed by atoms with E-state index in [1.807, 2.05) is 0 Å². The maximum absolute atomic E-state index is 11.9. The monoisotopic (exact) mass is 258 g/mol. The van der Waals surface area contributed by atoms with Crippen molar-refractivity contribution < 1.29 is 19.4 Å². The van der Waals surface area contributed by atoms with Crippen LogP contribution in [0, 0.1) is 0 Å². The number of aromatic nitrogens is 1. The Balaban J connectivity index is 2.77. The number of nitrogens with zero attached hydrogens (tertiary/aromatic N) is 2. The van der Waals surface area contributed by atoms with Crippen molar-refractivity contribution in [1.82, 2.24) is 9.88 Å². The van der Waals surface area contributed by atoms with Crippen LogP contribution in [0.1, 0.15) is 22.4 Å². The quantitative estimate of drug-likeness (QED) is 0.846. The Kier molecular flexibility index (Phi) is 4.59. The van der Waals surface area contributed by atoms with Crippen LogP contribution in [0.2, 0.25) is 0 Å². The van der Waals surface area contributed by atoms with Crippen molar-refractivity contribution in [2.75, 3.05) is 14.2 Å². The standard InChI is InChI=1S/C10H14N2O4S/c1-6(10(14)15)12(2)9(13)7-5-17-8(11-7)4-16-3/h5-6H,4H2,1-3H3,(H,14,15). The average molecular weight is 258 g/mol. The molecule has 0 spiro atoms. The normalized spacial score (nSPS) is 12.2. The minimum Gasteiger partial charge on any atom is -0.480 e. The summed E-state index contributed by atoms with van der Waals surface area (Å²) < 4.78 is 4.90. The number of carbonyl (C=O) groups is 2. The Morgan fingerprint density at radius 3 is 2.82 bits per heavy atom. The molecule has 1 unspecified atom stereocenters. The van der Waals surface area contributed by atoms with E-state index in [0.717, 1.165) is 4.90 Å². The van der Waals surface area contributed by atoms with Crippen LogP contribution in [0.3, 0.4) is 0 Å². The zero-order valence-electron chi connectivity index (χ0n) is 9.84. The highest BCUT2D eigenvalue weighted by molar-refractivity contribution is 7.09.